The molecule has 0 aromatic heterocycles. The fourth-order valence-corrected chi connectivity index (χ4v) is 3.16. The number of carbonyl (C=O) groups is 4. The maximum absolute atomic E-state index is 12.6. The van der Waals surface area contributed by atoms with Crippen LogP contribution in [0.1, 0.15) is 40.0 Å². The van der Waals surface area contributed by atoms with Crippen molar-refractivity contribution in [1.29, 1.82) is 0 Å². The lowest BCUT2D eigenvalue weighted by Crippen LogP contribution is -2.43. The van der Waals surface area contributed by atoms with Crippen LogP contribution in [-0.2, 0) is 19.2 Å². The van der Waals surface area contributed by atoms with Gasteiger partial charge in [-0.2, -0.15) is 0 Å². The van der Waals surface area contributed by atoms with E-state index in [-0.39, 0.29) is 60.6 Å². The number of rotatable bonds is 10. The van der Waals surface area contributed by atoms with Gasteiger partial charge in [0, 0.05) is 25.4 Å². The third-order valence-electron chi connectivity index (χ3n) is 4.16. The highest BCUT2D eigenvalue weighted by Gasteiger charge is 2.30. The summed E-state index contributed by atoms with van der Waals surface area (Å²) in [6.07, 6.45) is 1.43. The largest absolute Gasteiger partial charge is 0.356 e. The Morgan fingerprint density at radius 3 is 2.46 bits per heavy atom. The summed E-state index contributed by atoms with van der Waals surface area (Å²) in [5.41, 5.74) is 0. The molecule has 7 heteroatoms. The molecular weight excluding hydrogens is 332 g/mol. The van der Waals surface area contributed by atoms with Gasteiger partial charge in [-0.05, 0) is 25.7 Å². The van der Waals surface area contributed by atoms with Gasteiger partial charge >= 0.3 is 0 Å². The summed E-state index contributed by atoms with van der Waals surface area (Å²) in [5.74, 6) is -1.31. The van der Waals surface area contributed by atoms with Crippen LogP contribution >= 0.6 is 11.6 Å². The van der Waals surface area contributed by atoms with E-state index in [0.717, 1.165) is 0 Å². The topological polar surface area (TPSA) is 83.6 Å². The molecule has 1 aliphatic rings. The maximum Gasteiger partial charge on any atom is 0.237 e. The van der Waals surface area contributed by atoms with Gasteiger partial charge in [0.15, 0.2) is 5.78 Å². The number of hydrogen-bond acceptors (Lipinski definition) is 4. The summed E-state index contributed by atoms with van der Waals surface area (Å²) >= 11 is 5.64. The van der Waals surface area contributed by atoms with Crippen molar-refractivity contribution in [2.45, 2.75) is 40.0 Å². The minimum Gasteiger partial charge on any atom is -0.356 e. The molecule has 0 aromatic rings. The first-order valence-corrected chi connectivity index (χ1v) is 8.91. The number of ketones is 2. The van der Waals surface area contributed by atoms with E-state index in [0.29, 0.717) is 19.4 Å². The summed E-state index contributed by atoms with van der Waals surface area (Å²) in [5, 5.41) is 2.72. The van der Waals surface area contributed by atoms with Crippen molar-refractivity contribution >= 4 is 35.0 Å². The molecule has 1 heterocycles. The Morgan fingerprint density at radius 1 is 1.33 bits per heavy atom. The van der Waals surface area contributed by atoms with E-state index in [9.17, 15) is 19.2 Å². The van der Waals surface area contributed by atoms with E-state index < -0.39 is 5.92 Å². The van der Waals surface area contributed by atoms with Crippen molar-refractivity contribution in [3.8, 4) is 0 Å². The molecule has 6 nitrogen and oxygen atoms in total. The predicted molar refractivity (Wildman–Crippen MR) is 91.7 cm³/mol. The zero-order valence-corrected chi connectivity index (χ0v) is 15.4. The molecule has 0 saturated carbocycles. The van der Waals surface area contributed by atoms with Crippen molar-refractivity contribution in [3.05, 3.63) is 0 Å². The fraction of sp³-hybridized carbons (Fsp3) is 0.765. The third kappa shape index (κ3) is 6.59. The van der Waals surface area contributed by atoms with Crippen LogP contribution < -0.4 is 5.32 Å². The molecule has 1 N–H and O–H groups in total. The number of carbonyl (C=O) groups excluding carboxylic acids is 4. The van der Waals surface area contributed by atoms with Crippen LogP contribution in [0.2, 0.25) is 0 Å². The molecule has 0 aromatic carbocycles. The molecule has 24 heavy (non-hydrogen) atoms. The second-order valence-electron chi connectivity index (χ2n) is 6.88. The van der Waals surface area contributed by atoms with E-state index in [1.807, 2.05) is 13.8 Å². The second-order valence-corrected chi connectivity index (χ2v) is 7.15. The van der Waals surface area contributed by atoms with E-state index >= 15 is 0 Å². The molecule has 1 rings (SSSR count). The average Bonchev–Trinajstić information content (AvgIpc) is 2.89. The minimum absolute atomic E-state index is 0.0422. The van der Waals surface area contributed by atoms with Crippen molar-refractivity contribution in [2.24, 2.45) is 17.8 Å². The molecule has 0 aliphatic carbocycles. The molecule has 1 fully saturated rings. The van der Waals surface area contributed by atoms with Crippen molar-refractivity contribution < 1.29 is 19.2 Å². The maximum atomic E-state index is 12.6. The number of alkyl halides is 1. The highest BCUT2D eigenvalue weighted by atomic mass is 35.5. The van der Waals surface area contributed by atoms with Gasteiger partial charge in [0.1, 0.15) is 11.7 Å². The van der Waals surface area contributed by atoms with E-state index in [2.05, 4.69) is 5.32 Å². The molecule has 2 atom stereocenters. The third-order valence-corrected chi connectivity index (χ3v) is 4.39. The van der Waals surface area contributed by atoms with E-state index in [4.69, 9.17) is 11.6 Å². The molecular formula is C17H27ClN2O4. The number of amides is 2. The monoisotopic (exact) mass is 358 g/mol. The Bertz CT molecular complexity index is 493. The van der Waals surface area contributed by atoms with Gasteiger partial charge in [0.2, 0.25) is 11.8 Å². The lowest BCUT2D eigenvalue weighted by molar-refractivity contribution is -0.137. The van der Waals surface area contributed by atoms with Crippen LogP contribution in [0.5, 0.6) is 0 Å². The summed E-state index contributed by atoms with van der Waals surface area (Å²) in [6, 6.07) is 0. The van der Waals surface area contributed by atoms with Crippen molar-refractivity contribution in [3.63, 3.8) is 0 Å². The zero-order valence-electron chi connectivity index (χ0n) is 14.6. The van der Waals surface area contributed by atoms with Crippen LogP contribution in [0.4, 0.5) is 0 Å². The van der Waals surface area contributed by atoms with Crippen LogP contribution in [0.3, 0.4) is 0 Å². The Labute approximate surface area is 148 Å². The summed E-state index contributed by atoms with van der Waals surface area (Å²) in [4.78, 5) is 49.2. The lowest BCUT2D eigenvalue weighted by atomic mass is 9.88. The van der Waals surface area contributed by atoms with Gasteiger partial charge in [-0.15, -0.1) is 11.6 Å². The molecule has 0 spiro atoms. The van der Waals surface area contributed by atoms with E-state index in [1.54, 1.807) is 0 Å². The highest BCUT2D eigenvalue weighted by molar-refractivity contribution is 6.27. The number of Topliss-reactive ketones (excluding diaryl/α,β-unsaturated/α-hetero) is 2. The van der Waals surface area contributed by atoms with Gasteiger partial charge in [-0.1, -0.05) is 13.8 Å². The molecule has 0 radical (unpaired) electrons. The fourth-order valence-electron chi connectivity index (χ4n) is 2.99. The second kappa shape index (κ2) is 9.77. The van der Waals surface area contributed by atoms with Gasteiger partial charge in [-0.3, -0.25) is 14.4 Å². The molecule has 1 saturated heterocycles. The number of hydrogen-bond donors (Lipinski definition) is 1. The lowest BCUT2D eigenvalue weighted by Gasteiger charge is -2.26. The summed E-state index contributed by atoms with van der Waals surface area (Å²) < 4.78 is 0. The van der Waals surface area contributed by atoms with Gasteiger partial charge in [-0.25, -0.2) is 0 Å². The smallest absolute Gasteiger partial charge is 0.237 e. The highest BCUT2D eigenvalue weighted by Crippen LogP contribution is 2.19. The molecule has 2 amide bonds. The first-order valence-electron chi connectivity index (χ1n) is 8.38. The molecule has 0 bridgehead atoms. The van der Waals surface area contributed by atoms with Gasteiger partial charge in [0.05, 0.1) is 12.5 Å². The van der Waals surface area contributed by atoms with Crippen LogP contribution in [-0.4, -0.2) is 53.8 Å². The van der Waals surface area contributed by atoms with Gasteiger partial charge < -0.3 is 15.0 Å². The Kier molecular flexibility index (Phi) is 8.39. The molecule has 1 aliphatic heterocycles. The Balaban J connectivity index is 2.78. The quantitative estimate of drug-likeness (QED) is 0.598. The number of nitrogens with one attached hydrogen (secondary N) is 1. The number of halogens is 1. The zero-order chi connectivity index (χ0) is 18.3. The van der Waals surface area contributed by atoms with Crippen molar-refractivity contribution in [2.75, 3.05) is 25.5 Å². The van der Waals surface area contributed by atoms with Crippen LogP contribution in [0.25, 0.3) is 0 Å². The van der Waals surface area contributed by atoms with Crippen LogP contribution in [0, 0.1) is 17.8 Å². The Morgan fingerprint density at radius 2 is 2.00 bits per heavy atom. The van der Waals surface area contributed by atoms with Crippen molar-refractivity contribution in [1.82, 2.24) is 10.2 Å². The minimum atomic E-state index is -0.398. The normalized spacial score (nSPS) is 18.4. The number of nitrogens with zero attached hydrogens (tertiary/aromatic N) is 1. The Hall–Kier alpha value is -1.43. The first-order chi connectivity index (χ1) is 11.2. The van der Waals surface area contributed by atoms with E-state index in [1.165, 1.54) is 11.8 Å². The molecule has 0 unspecified atom stereocenters. The SMILES string of the molecule is CC(=O)C[C@@H](CC(C)C)C(=O)CN(C[C@@H]1CCNC1=O)C(=O)CCl. The predicted octanol–water partition coefficient (Wildman–Crippen LogP) is 1.40. The van der Waals surface area contributed by atoms with Crippen LogP contribution in [0.15, 0.2) is 0 Å². The first kappa shape index (κ1) is 20.6. The standard InChI is InChI=1S/C17H27ClN2O4/c1-11(2)6-14(7-12(3)21)15(22)10-20(16(23)8-18)9-13-4-5-19-17(13)24/h11,13-14H,4-10H2,1-3H3,(H,19,24)/t13-,14+/m0/s1. The summed E-state index contributed by atoms with van der Waals surface area (Å²) in [6.45, 7) is 6.12. The molecule has 136 valence electrons. The average molecular weight is 359 g/mol. The summed E-state index contributed by atoms with van der Waals surface area (Å²) in [7, 11) is 0. The van der Waals surface area contributed by atoms with Gasteiger partial charge in [0.25, 0.3) is 0 Å².